The molecule has 1 rings (SSSR count). The Hall–Kier alpha value is -1.08. The van der Waals surface area contributed by atoms with Crippen LogP contribution in [0.4, 0.5) is 0 Å². The summed E-state index contributed by atoms with van der Waals surface area (Å²) >= 11 is 0. The van der Waals surface area contributed by atoms with Gasteiger partial charge in [0.15, 0.2) is 0 Å². The predicted octanol–water partition coefficient (Wildman–Crippen LogP) is 3.07. The molecule has 0 saturated carbocycles. The Kier molecular flexibility index (Phi) is 3.48. The van der Waals surface area contributed by atoms with Crippen molar-refractivity contribution in [2.24, 2.45) is 11.1 Å². The van der Waals surface area contributed by atoms with Crippen molar-refractivity contribution < 1.29 is 0 Å². The van der Waals surface area contributed by atoms with E-state index in [-0.39, 0.29) is 5.41 Å². The van der Waals surface area contributed by atoms with E-state index in [0.717, 1.165) is 0 Å². The SMILES string of the molecule is C/C(=C\c1ccccc1)C(C)(C)CN. The van der Waals surface area contributed by atoms with Crippen LogP contribution in [0.5, 0.6) is 0 Å². The van der Waals surface area contributed by atoms with Crippen LogP contribution in [0.25, 0.3) is 6.08 Å². The van der Waals surface area contributed by atoms with Crippen LogP contribution in [0.1, 0.15) is 26.3 Å². The van der Waals surface area contributed by atoms with Gasteiger partial charge in [0.2, 0.25) is 0 Å². The smallest absolute Gasteiger partial charge is 0.00116 e. The molecular weight excluding hydrogens is 170 g/mol. The third kappa shape index (κ3) is 2.71. The molecule has 14 heavy (non-hydrogen) atoms. The van der Waals surface area contributed by atoms with Crippen LogP contribution in [-0.2, 0) is 0 Å². The molecule has 0 aliphatic carbocycles. The highest BCUT2D eigenvalue weighted by Crippen LogP contribution is 2.25. The summed E-state index contributed by atoms with van der Waals surface area (Å²) in [7, 11) is 0. The Labute approximate surface area is 86.6 Å². The van der Waals surface area contributed by atoms with Gasteiger partial charge in [-0.15, -0.1) is 0 Å². The molecule has 0 saturated heterocycles. The summed E-state index contributed by atoms with van der Waals surface area (Å²) in [5.74, 6) is 0. The van der Waals surface area contributed by atoms with Gasteiger partial charge in [0.1, 0.15) is 0 Å². The van der Waals surface area contributed by atoms with Crippen molar-refractivity contribution in [2.45, 2.75) is 20.8 Å². The van der Waals surface area contributed by atoms with Crippen LogP contribution in [0.2, 0.25) is 0 Å². The van der Waals surface area contributed by atoms with Crippen LogP contribution in [-0.4, -0.2) is 6.54 Å². The first-order chi connectivity index (χ1) is 6.56. The van der Waals surface area contributed by atoms with E-state index in [1.54, 1.807) is 0 Å². The highest BCUT2D eigenvalue weighted by molar-refractivity contribution is 5.53. The van der Waals surface area contributed by atoms with Crippen LogP contribution < -0.4 is 5.73 Å². The minimum atomic E-state index is 0.0931. The molecule has 0 aliphatic heterocycles. The fourth-order valence-corrected chi connectivity index (χ4v) is 1.16. The first-order valence-electron chi connectivity index (χ1n) is 5.00. The molecule has 0 heterocycles. The van der Waals surface area contributed by atoms with E-state index in [1.165, 1.54) is 11.1 Å². The maximum absolute atomic E-state index is 5.72. The first-order valence-corrected chi connectivity index (χ1v) is 5.00. The van der Waals surface area contributed by atoms with Gasteiger partial charge in [-0.1, -0.05) is 55.8 Å². The van der Waals surface area contributed by atoms with Crippen molar-refractivity contribution in [3.05, 3.63) is 41.5 Å². The van der Waals surface area contributed by atoms with Gasteiger partial charge in [-0.05, 0) is 17.9 Å². The third-order valence-electron chi connectivity index (χ3n) is 2.76. The molecule has 0 atom stereocenters. The zero-order valence-electron chi connectivity index (χ0n) is 9.25. The lowest BCUT2D eigenvalue weighted by atomic mass is 9.84. The van der Waals surface area contributed by atoms with Gasteiger partial charge < -0.3 is 5.73 Å². The van der Waals surface area contributed by atoms with Gasteiger partial charge in [-0.3, -0.25) is 0 Å². The maximum atomic E-state index is 5.72. The van der Waals surface area contributed by atoms with Crippen LogP contribution in [0.15, 0.2) is 35.9 Å². The van der Waals surface area contributed by atoms with Crippen molar-refractivity contribution in [1.29, 1.82) is 0 Å². The van der Waals surface area contributed by atoms with Gasteiger partial charge in [0.05, 0.1) is 0 Å². The first kappa shape index (κ1) is 11.0. The molecule has 2 N–H and O–H groups in total. The largest absolute Gasteiger partial charge is 0.330 e. The minimum absolute atomic E-state index is 0.0931. The van der Waals surface area contributed by atoms with Gasteiger partial charge in [0.25, 0.3) is 0 Å². The number of benzene rings is 1. The molecule has 1 heteroatoms. The Bertz CT molecular complexity index is 309. The fourth-order valence-electron chi connectivity index (χ4n) is 1.16. The number of rotatable bonds is 3. The molecule has 0 radical (unpaired) electrons. The van der Waals surface area contributed by atoms with Crippen molar-refractivity contribution >= 4 is 6.08 Å². The lowest BCUT2D eigenvalue weighted by Gasteiger charge is -2.23. The topological polar surface area (TPSA) is 26.0 Å². The second-order valence-corrected chi connectivity index (χ2v) is 4.33. The van der Waals surface area contributed by atoms with Crippen molar-refractivity contribution in [3.8, 4) is 0 Å². The maximum Gasteiger partial charge on any atom is 0.00116 e. The molecule has 0 aliphatic rings. The molecule has 0 spiro atoms. The van der Waals surface area contributed by atoms with Crippen LogP contribution >= 0.6 is 0 Å². The highest BCUT2D eigenvalue weighted by atomic mass is 14.6. The van der Waals surface area contributed by atoms with E-state index < -0.39 is 0 Å². The minimum Gasteiger partial charge on any atom is -0.330 e. The van der Waals surface area contributed by atoms with Crippen molar-refractivity contribution in [1.82, 2.24) is 0 Å². The summed E-state index contributed by atoms with van der Waals surface area (Å²) in [6, 6.07) is 10.3. The zero-order chi connectivity index (χ0) is 10.6. The zero-order valence-corrected chi connectivity index (χ0v) is 9.25. The lowest BCUT2D eigenvalue weighted by molar-refractivity contribution is 0.464. The van der Waals surface area contributed by atoms with E-state index in [9.17, 15) is 0 Å². The van der Waals surface area contributed by atoms with E-state index in [4.69, 9.17) is 5.73 Å². The molecule has 0 fully saturated rings. The molecule has 1 aromatic carbocycles. The van der Waals surface area contributed by atoms with Gasteiger partial charge in [0, 0.05) is 6.54 Å². The molecule has 76 valence electrons. The van der Waals surface area contributed by atoms with Crippen LogP contribution in [0, 0.1) is 5.41 Å². The van der Waals surface area contributed by atoms with Gasteiger partial charge in [-0.25, -0.2) is 0 Å². The average molecular weight is 189 g/mol. The van der Waals surface area contributed by atoms with Gasteiger partial charge >= 0.3 is 0 Å². The standard InChI is InChI=1S/C13H19N/c1-11(13(2,3)10-14)9-12-7-5-4-6-8-12/h4-9H,10,14H2,1-3H3/b11-9+. The van der Waals surface area contributed by atoms with Gasteiger partial charge in [-0.2, -0.15) is 0 Å². The summed E-state index contributed by atoms with van der Waals surface area (Å²) in [5.41, 5.74) is 8.38. The summed E-state index contributed by atoms with van der Waals surface area (Å²) in [4.78, 5) is 0. The Morgan fingerprint density at radius 3 is 2.36 bits per heavy atom. The molecule has 0 aromatic heterocycles. The van der Waals surface area contributed by atoms with Crippen molar-refractivity contribution in [2.75, 3.05) is 6.54 Å². The summed E-state index contributed by atoms with van der Waals surface area (Å²) in [6.07, 6.45) is 2.20. The van der Waals surface area contributed by atoms with Crippen LogP contribution in [0.3, 0.4) is 0 Å². The second-order valence-electron chi connectivity index (χ2n) is 4.33. The number of hydrogen-bond acceptors (Lipinski definition) is 1. The van der Waals surface area contributed by atoms with Crippen molar-refractivity contribution in [3.63, 3.8) is 0 Å². The summed E-state index contributed by atoms with van der Waals surface area (Å²) < 4.78 is 0. The van der Waals surface area contributed by atoms with E-state index in [1.807, 2.05) is 6.07 Å². The van der Waals surface area contributed by atoms with E-state index in [2.05, 4.69) is 51.1 Å². The molecule has 0 amide bonds. The highest BCUT2D eigenvalue weighted by Gasteiger charge is 2.17. The second kappa shape index (κ2) is 4.43. The monoisotopic (exact) mass is 189 g/mol. The molecular formula is C13H19N. The third-order valence-corrected chi connectivity index (χ3v) is 2.76. The number of nitrogens with two attached hydrogens (primary N) is 1. The summed E-state index contributed by atoms with van der Waals surface area (Å²) in [5, 5.41) is 0. The van der Waals surface area contributed by atoms with E-state index in [0.29, 0.717) is 6.54 Å². The quantitative estimate of drug-likeness (QED) is 0.777. The summed E-state index contributed by atoms with van der Waals surface area (Å²) in [6.45, 7) is 7.16. The Morgan fingerprint density at radius 2 is 1.86 bits per heavy atom. The van der Waals surface area contributed by atoms with E-state index >= 15 is 0 Å². The lowest BCUT2D eigenvalue weighted by Crippen LogP contribution is -2.24. The average Bonchev–Trinajstić information content (AvgIpc) is 2.19. The Morgan fingerprint density at radius 1 is 1.29 bits per heavy atom. The fraction of sp³-hybridized carbons (Fsp3) is 0.385. The molecule has 0 bridgehead atoms. The normalized spacial score (nSPS) is 13.0. The molecule has 0 unspecified atom stereocenters. The Balaban J connectivity index is 2.89. The molecule has 1 aromatic rings. The number of hydrogen-bond donors (Lipinski definition) is 1. The molecule has 1 nitrogen and oxygen atoms in total. The predicted molar refractivity (Wildman–Crippen MR) is 62.9 cm³/mol.